The zero-order chi connectivity index (χ0) is 15.7. The van der Waals surface area contributed by atoms with Gasteiger partial charge in [-0.3, -0.25) is 4.68 Å². The number of aromatic nitrogens is 4. The Morgan fingerprint density at radius 1 is 1.05 bits per heavy atom. The van der Waals surface area contributed by atoms with Gasteiger partial charge in [-0.2, -0.15) is 18.3 Å². The summed E-state index contributed by atoms with van der Waals surface area (Å²) in [7, 11) is 1.73. The lowest BCUT2D eigenvalue weighted by atomic mass is 10.0. The van der Waals surface area contributed by atoms with Crippen molar-refractivity contribution in [3.63, 3.8) is 0 Å². The zero-order valence-corrected chi connectivity index (χ0v) is 11.5. The van der Waals surface area contributed by atoms with Crippen LogP contribution >= 0.6 is 0 Å². The Balaban J connectivity index is 2.08. The minimum atomic E-state index is -4.35. The number of rotatable bonds is 2. The number of alkyl halides is 3. The Kier molecular flexibility index (Phi) is 3.40. The number of hydrogen-bond donors (Lipinski definition) is 0. The molecular formula is C15H11F3N4. The molecule has 1 aromatic carbocycles. The summed E-state index contributed by atoms with van der Waals surface area (Å²) in [5, 5.41) is 4.17. The van der Waals surface area contributed by atoms with E-state index in [9.17, 15) is 13.2 Å². The standard InChI is InChI=1S/C15H11F3N4/c1-22-14(10-2-4-11(5-3-10)15(16,17)18)12(8-21-22)13-6-7-19-9-20-13/h2-9H,1H3. The fraction of sp³-hybridized carbons (Fsp3) is 0.133. The number of halogens is 3. The van der Waals surface area contributed by atoms with Crippen LogP contribution in [0.5, 0.6) is 0 Å². The largest absolute Gasteiger partial charge is 0.416 e. The van der Waals surface area contributed by atoms with Gasteiger partial charge in [-0.15, -0.1) is 0 Å². The minimum Gasteiger partial charge on any atom is -0.267 e. The molecule has 3 rings (SSSR count). The first-order valence-electron chi connectivity index (χ1n) is 6.43. The van der Waals surface area contributed by atoms with Gasteiger partial charge in [0.1, 0.15) is 6.33 Å². The average molecular weight is 304 g/mol. The lowest BCUT2D eigenvalue weighted by Crippen LogP contribution is -2.04. The molecule has 0 aliphatic rings. The molecule has 4 nitrogen and oxygen atoms in total. The first-order chi connectivity index (χ1) is 10.5. The molecule has 0 spiro atoms. The summed E-state index contributed by atoms with van der Waals surface area (Å²) in [5.74, 6) is 0. The van der Waals surface area contributed by atoms with Crippen LogP contribution in [0.25, 0.3) is 22.5 Å². The van der Waals surface area contributed by atoms with E-state index >= 15 is 0 Å². The van der Waals surface area contributed by atoms with Crippen LogP contribution in [0.1, 0.15) is 5.56 Å². The van der Waals surface area contributed by atoms with E-state index < -0.39 is 11.7 Å². The van der Waals surface area contributed by atoms with Gasteiger partial charge in [0.2, 0.25) is 0 Å². The fourth-order valence-electron chi connectivity index (χ4n) is 2.23. The number of benzene rings is 1. The quantitative estimate of drug-likeness (QED) is 0.727. The second kappa shape index (κ2) is 5.25. The molecule has 0 amide bonds. The van der Waals surface area contributed by atoms with Crippen molar-refractivity contribution in [2.24, 2.45) is 7.05 Å². The Bertz CT molecular complexity index is 777. The number of nitrogens with zero attached hydrogens (tertiary/aromatic N) is 4. The normalized spacial score (nSPS) is 11.6. The van der Waals surface area contributed by atoms with E-state index in [-0.39, 0.29) is 0 Å². The monoisotopic (exact) mass is 304 g/mol. The highest BCUT2D eigenvalue weighted by Gasteiger charge is 2.30. The van der Waals surface area contributed by atoms with Gasteiger partial charge in [0.25, 0.3) is 0 Å². The topological polar surface area (TPSA) is 43.6 Å². The van der Waals surface area contributed by atoms with Crippen molar-refractivity contribution in [1.82, 2.24) is 19.7 Å². The highest BCUT2D eigenvalue weighted by atomic mass is 19.4. The van der Waals surface area contributed by atoms with Crippen molar-refractivity contribution in [1.29, 1.82) is 0 Å². The summed E-state index contributed by atoms with van der Waals surface area (Å²) in [6.07, 6.45) is 0.306. The van der Waals surface area contributed by atoms with Crippen molar-refractivity contribution in [2.45, 2.75) is 6.18 Å². The van der Waals surface area contributed by atoms with Crippen molar-refractivity contribution >= 4 is 0 Å². The molecular weight excluding hydrogens is 293 g/mol. The molecule has 0 saturated heterocycles. The Labute approximate surface area is 124 Å². The minimum absolute atomic E-state index is 0.640. The van der Waals surface area contributed by atoms with Crippen LogP contribution in [0, 0.1) is 0 Å². The SMILES string of the molecule is Cn1ncc(-c2ccncn2)c1-c1ccc(C(F)(F)F)cc1. The molecule has 112 valence electrons. The second-order valence-corrected chi connectivity index (χ2v) is 4.70. The van der Waals surface area contributed by atoms with Gasteiger partial charge in [-0.05, 0) is 18.2 Å². The van der Waals surface area contributed by atoms with E-state index in [2.05, 4.69) is 15.1 Å². The number of aryl methyl sites for hydroxylation is 1. The van der Waals surface area contributed by atoms with Crippen molar-refractivity contribution < 1.29 is 13.2 Å². The lowest BCUT2D eigenvalue weighted by Gasteiger charge is -2.09. The van der Waals surface area contributed by atoms with Crippen molar-refractivity contribution in [2.75, 3.05) is 0 Å². The molecule has 0 fully saturated rings. The van der Waals surface area contributed by atoms with Gasteiger partial charge in [0.05, 0.1) is 23.1 Å². The van der Waals surface area contributed by atoms with Crippen LogP contribution in [0.2, 0.25) is 0 Å². The molecule has 0 atom stereocenters. The summed E-state index contributed by atoms with van der Waals surface area (Å²) in [4.78, 5) is 8.02. The fourth-order valence-corrected chi connectivity index (χ4v) is 2.23. The predicted octanol–water partition coefficient (Wildman–Crippen LogP) is 3.56. The first kappa shape index (κ1) is 14.2. The predicted molar refractivity (Wildman–Crippen MR) is 74.7 cm³/mol. The Hall–Kier alpha value is -2.70. The third-order valence-corrected chi connectivity index (χ3v) is 3.28. The smallest absolute Gasteiger partial charge is 0.267 e. The summed E-state index contributed by atoms with van der Waals surface area (Å²) < 4.78 is 39.6. The summed E-state index contributed by atoms with van der Waals surface area (Å²) in [5.41, 5.74) is 2.07. The molecule has 0 N–H and O–H groups in total. The van der Waals surface area contributed by atoms with E-state index in [4.69, 9.17) is 0 Å². The van der Waals surface area contributed by atoms with Crippen LogP contribution < -0.4 is 0 Å². The molecule has 3 aromatic rings. The molecule has 0 aliphatic carbocycles. The molecule has 0 aliphatic heterocycles. The molecule has 2 aromatic heterocycles. The highest BCUT2D eigenvalue weighted by molar-refractivity contribution is 5.78. The Morgan fingerprint density at radius 2 is 1.77 bits per heavy atom. The second-order valence-electron chi connectivity index (χ2n) is 4.70. The molecule has 0 radical (unpaired) electrons. The molecule has 0 unspecified atom stereocenters. The van der Waals surface area contributed by atoms with Gasteiger partial charge in [-0.1, -0.05) is 12.1 Å². The molecule has 0 bridgehead atoms. The maximum Gasteiger partial charge on any atom is 0.416 e. The highest BCUT2D eigenvalue weighted by Crippen LogP contribution is 2.33. The summed E-state index contributed by atoms with van der Waals surface area (Å²) >= 11 is 0. The molecule has 7 heteroatoms. The molecule has 2 heterocycles. The van der Waals surface area contributed by atoms with Crippen LogP contribution in [-0.4, -0.2) is 19.7 Å². The van der Waals surface area contributed by atoms with Crippen LogP contribution in [-0.2, 0) is 13.2 Å². The van der Waals surface area contributed by atoms with Gasteiger partial charge >= 0.3 is 6.18 Å². The first-order valence-corrected chi connectivity index (χ1v) is 6.43. The maximum absolute atomic E-state index is 12.7. The van der Waals surface area contributed by atoms with Gasteiger partial charge in [-0.25, -0.2) is 9.97 Å². The molecule has 0 saturated carbocycles. The van der Waals surface area contributed by atoms with E-state index in [0.717, 1.165) is 17.7 Å². The van der Waals surface area contributed by atoms with Crippen LogP contribution in [0.4, 0.5) is 13.2 Å². The third kappa shape index (κ3) is 2.57. The third-order valence-electron chi connectivity index (χ3n) is 3.28. The van der Waals surface area contributed by atoms with Crippen LogP contribution in [0.3, 0.4) is 0 Å². The van der Waals surface area contributed by atoms with E-state index in [0.29, 0.717) is 17.0 Å². The lowest BCUT2D eigenvalue weighted by molar-refractivity contribution is -0.137. The van der Waals surface area contributed by atoms with Gasteiger partial charge < -0.3 is 0 Å². The number of hydrogen-bond acceptors (Lipinski definition) is 3. The summed E-state index contributed by atoms with van der Waals surface area (Å²) in [6, 6.07) is 6.72. The Morgan fingerprint density at radius 3 is 2.36 bits per heavy atom. The zero-order valence-electron chi connectivity index (χ0n) is 11.5. The summed E-state index contributed by atoms with van der Waals surface area (Å²) in [6.45, 7) is 0. The maximum atomic E-state index is 12.7. The van der Waals surface area contributed by atoms with Crippen molar-refractivity contribution in [3.8, 4) is 22.5 Å². The van der Waals surface area contributed by atoms with Crippen LogP contribution in [0.15, 0.2) is 49.1 Å². The van der Waals surface area contributed by atoms with Gasteiger partial charge in [0, 0.05) is 24.4 Å². The van der Waals surface area contributed by atoms with Crippen molar-refractivity contribution in [3.05, 3.63) is 54.6 Å². The van der Waals surface area contributed by atoms with E-state index in [1.807, 2.05) is 0 Å². The molecule has 22 heavy (non-hydrogen) atoms. The van der Waals surface area contributed by atoms with E-state index in [1.165, 1.54) is 18.5 Å². The average Bonchev–Trinajstić information content (AvgIpc) is 2.89. The van der Waals surface area contributed by atoms with E-state index in [1.54, 1.807) is 30.2 Å². The van der Waals surface area contributed by atoms with Gasteiger partial charge in [0.15, 0.2) is 0 Å².